The Morgan fingerprint density at radius 2 is 1.68 bits per heavy atom. The molecule has 2 aromatic rings. The zero-order chi connectivity index (χ0) is 22.9. The predicted molar refractivity (Wildman–Crippen MR) is 115 cm³/mol. The molecule has 3 N–H and O–H groups in total. The maximum atomic E-state index is 13.1. The Labute approximate surface area is 179 Å². The summed E-state index contributed by atoms with van der Waals surface area (Å²) in [5.74, 6) is 0. The molecule has 0 atom stereocenters. The smallest absolute Gasteiger partial charge is 0.338 e. The molecule has 0 bridgehead atoms. The number of hydrogen-bond donors (Lipinski definition) is 3. The summed E-state index contributed by atoms with van der Waals surface area (Å²) < 4.78 is 39.4. The SMILES string of the molecule is CCCCNC(=O)NCCN(C(=O)Nc1ccc(C)cc1)c1cccc(C(F)(F)F)c1. The van der Waals surface area contributed by atoms with Crippen LogP contribution in [0.25, 0.3) is 0 Å². The molecule has 2 aromatic carbocycles. The average Bonchev–Trinajstić information content (AvgIpc) is 2.72. The first-order valence-electron chi connectivity index (χ1n) is 10.0. The molecule has 0 aliphatic carbocycles. The molecule has 2 rings (SSSR count). The van der Waals surface area contributed by atoms with Crippen molar-refractivity contribution >= 4 is 23.4 Å². The molecule has 0 heterocycles. The van der Waals surface area contributed by atoms with Crippen molar-refractivity contribution in [2.45, 2.75) is 32.9 Å². The fraction of sp³-hybridized carbons (Fsp3) is 0.364. The second-order valence-corrected chi connectivity index (χ2v) is 7.03. The highest BCUT2D eigenvalue weighted by Gasteiger charge is 2.31. The number of carbonyl (C=O) groups is 2. The van der Waals surface area contributed by atoms with E-state index in [-0.39, 0.29) is 18.8 Å². The van der Waals surface area contributed by atoms with Crippen molar-refractivity contribution in [3.05, 3.63) is 59.7 Å². The van der Waals surface area contributed by atoms with Crippen molar-refractivity contribution in [3.63, 3.8) is 0 Å². The van der Waals surface area contributed by atoms with Crippen LogP contribution in [-0.4, -0.2) is 31.7 Å². The minimum absolute atomic E-state index is 0.0137. The molecule has 0 fully saturated rings. The number of urea groups is 2. The van der Waals surface area contributed by atoms with E-state index in [1.54, 1.807) is 12.1 Å². The van der Waals surface area contributed by atoms with Gasteiger partial charge in [0.25, 0.3) is 0 Å². The van der Waals surface area contributed by atoms with Gasteiger partial charge in [-0.25, -0.2) is 9.59 Å². The summed E-state index contributed by atoms with van der Waals surface area (Å²) in [7, 11) is 0. The molecule has 0 aliphatic rings. The third kappa shape index (κ3) is 7.84. The van der Waals surface area contributed by atoms with Crippen molar-refractivity contribution in [3.8, 4) is 0 Å². The highest BCUT2D eigenvalue weighted by Crippen LogP contribution is 2.31. The normalized spacial score (nSPS) is 11.0. The van der Waals surface area contributed by atoms with Gasteiger partial charge < -0.3 is 16.0 Å². The minimum Gasteiger partial charge on any atom is -0.338 e. The molecule has 0 aliphatic heterocycles. The first-order valence-corrected chi connectivity index (χ1v) is 10.0. The van der Waals surface area contributed by atoms with Crippen LogP contribution in [0.2, 0.25) is 0 Å². The fourth-order valence-electron chi connectivity index (χ4n) is 2.75. The molecule has 0 unspecified atom stereocenters. The van der Waals surface area contributed by atoms with Crippen LogP contribution in [0.15, 0.2) is 48.5 Å². The lowest BCUT2D eigenvalue weighted by atomic mass is 10.2. The van der Waals surface area contributed by atoms with Crippen LogP contribution in [-0.2, 0) is 6.18 Å². The van der Waals surface area contributed by atoms with Gasteiger partial charge in [-0.3, -0.25) is 4.90 Å². The van der Waals surface area contributed by atoms with E-state index in [1.165, 1.54) is 17.0 Å². The van der Waals surface area contributed by atoms with Gasteiger partial charge in [0.05, 0.1) is 5.56 Å². The summed E-state index contributed by atoms with van der Waals surface area (Å²) in [5, 5.41) is 7.98. The largest absolute Gasteiger partial charge is 0.416 e. The van der Waals surface area contributed by atoms with Crippen molar-refractivity contribution in [2.24, 2.45) is 0 Å². The van der Waals surface area contributed by atoms with E-state index in [0.717, 1.165) is 30.5 Å². The quantitative estimate of drug-likeness (QED) is 0.501. The number of aryl methyl sites for hydroxylation is 1. The van der Waals surface area contributed by atoms with Gasteiger partial charge in [0, 0.05) is 31.0 Å². The number of anilines is 2. The molecule has 0 saturated carbocycles. The molecule has 0 saturated heterocycles. The number of hydrogen-bond acceptors (Lipinski definition) is 2. The maximum absolute atomic E-state index is 13.1. The van der Waals surface area contributed by atoms with E-state index in [0.29, 0.717) is 12.2 Å². The lowest BCUT2D eigenvalue weighted by Crippen LogP contribution is -2.43. The zero-order valence-electron chi connectivity index (χ0n) is 17.6. The molecule has 0 aromatic heterocycles. The number of amides is 4. The number of rotatable bonds is 8. The Morgan fingerprint density at radius 3 is 2.32 bits per heavy atom. The van der Waals surface area contributed by atoms with Crippen LogP contribution in [0, 0.1) is 6.92 Å². The Morgan fingerprint density at radius 1 is 1.00 bits per heavy atom. The second kappa shape index (κ2) is 11.2. The predicted octanol–water partition coefficient (Wildman–Crippen LogP) is 5.15. The number of unbranched alkanes of at least 4 members (excludes halogenated alkanes) is 1. The van der Waals surface area contributed by atoms with Crippen molar-refractivity contribution in [2.75, 3.05) is 29.9 Å². The lowest BCUT2D eigenvalue weighted by molar-refractivity contribution is -0.137. The minimum atomic E-state index is -4.54. The third-order valence-corrected chi connectivity index (χ3v) is 4.47. The van der Waals surface area contributed by atoms with Gasteiger partial charge in [-0.1, -0.05) is 37.1 Å². The van der Waals surface area contributed by atoms with Crippen LogP contribution in [0.5, 0.6) is 0 Å². The highest BCUT2D eigenvalue weighted by atomic mass is 19.4. The molecule has 4 amide bonds. The van der Waals surface area contributed by atoms with Crippen LogP contribution in [0.1, 0.15) is 30.9 Å². The van der Waals surface area contributed by atoms with Crippen molar-refractivity contribution < 1.29 is 22.8 Å². The van der Waals surface area contributed by atoms with Gasteiger partial charge in [-0.2, -0.15) is 13.2 Å². The molecular weight excluding hydrogens is 409 g/mol. The number of nitrogens with zero attached hydrogens (tertiary/aromatic N) is 1. The van der Waals surface area contributed by atoms with Gasteiger partial charge in [0.1, 0.15) is 0 Å². The van der Waals surface area contributed by atoms with Gasteiger partial charge in [-0.15, -0.1) is 0 Å². The maximum Gasteiger partial charge on any atom is 0.416 e. The van der Waals surface area contributed by atoms with Crippen LogP contribution in [0.4, 0.5) is 34.1 Å². The molecule has 31 heavy (non-hydrogen) atoms. The average molecular weight is 436 g/mol. The van der Waals surface area contributed by atoms with Crippen molar-refractivity contribution in [1.82, 2.24) is 10.6 Å². The topological polar surface area (TPSA) is 73.5 Å². The zero-order valence-corrected chi connectivity index (χ0v) is 17.6. The monoisotopic (exact) mass is 436 g/mol. The summed E-state index contributed by atoms with van der Waals surface area (Å²) in [6.45, 7) is 4.47. The van der Waals surface area contributed by atoms with E-state index in [1.807, 2.05) is 26.0 Å². The molecule has 0 spiro atoms. The number of benzene rings is 2. The Balaban J connectivity index is 2.14. The third-order valence-electron chi connectivity index (χ3n) is 4.47. The van der Waals surface area contributed by atoms with E-state index in [9.17, 15) is 22.8 Å². The van der Waals surface area contributed by atoms with Gasteiger partial charge >= 0.3 is 18.2 Å². The van der Waals surface area contributed by atoms with E-state index in [4.69, 9.17) is 0 Å². The van der Waals surface area contributed by atoms with Crippen LogP contribution >= 0.6 is 0 Å². The van der Waals surface area contributed by atoms with Gasteiger partial charge in [0.15, 0.2) is 0 Å². The number of nitrogens with one attached hydrogen (secondary N) is 3. The lowest BCUT2D eigenvalue weighted by Gasteiger charge is -2.24. The standard InChI is InChI=1S/C22H27F3N4O2/c1-3-4-12-26-20(30)27-13-14-29(19-7-5-6-17(15-19)22(23,24)25)21(31)28-18-10-8-16(2)9-11-18/h5-11,15H,3-4,12-14H2,1-2H3,(H,28,31)(H2,26,27,30). The Bertz CT molecular complexity index is 870. The molecular formula is C22H27F3N4O2. The van der Waals surface area contributed by atoms with Crippen molar-refractivity contribution in [1.29, 1.82) is 0 Å². The second-order valence-electron chi connectivity index (χ2n) is 7.03. The summed E-state index contributed by atoms with van der Waals surface area (Å²) >= 11 is 0. The van der Waals surface area contributed by atoms with E-state index >= 15 is 0 Å². The number of alkyl halides is 3. The van der Waals surface area contributed by atoms with Crippen LogP contribution in [0.3, 0.4) is 0 Å². The Kier molecular flexibility index (Phi) is 8.72. The van der Waals surface area contributed by atoms with Crippen LogP contribution < -0.4 is 20.9 Å². The molecule has 0 radical (unpaired) electrons. The number of carbonyl (C=O) groups excluding carboxylic acids is 2. The van der Waals surface area contributed by atoms with Gasteiger partial charge in [0.2, 0.25) is 0 Å². The van der Waals surface area contributed by atoms with E-state index < -0.39 is 23.8 Å². The summed E-state index contributed by atoms with van der Waals surface area (Å²) in [6.07, 6.45) is -2.77. The molecule has 168 valence electrons. The molecule has 9 heteroatoms. The Hall–Kier alpha value is -3.23. The first kappa shape index (κ1) is 24.0. The highest BCUT2D eigenvalue weighted by molar-refractivity contribution is 6.01. The first-order chi connectivity index (χ1) is 14.7. The summed E-state index contributed by atoms with van der Waals surface area (Å²) in [6, 6.07) is 10.6. The van der Waals surface area contributed by atoms with E-state index in [2.05, 4.69) is 16.0 Å². The fourth-order valence-corrected chi connectivity index (χ4v) is 2.75. The number of halogens is 3. The summed E-state index contributed by atoms with van der Waals surface area (Å²) in [4.78, 5) is 25.8. The molecule has 6 nitrogen and oxygen atoms in total. The van der Waals surface area contributed by atoms with Gasteiger partial charge in [-0.05, 0) is 43.7 Å². The summed E-state index contributed by atoms with van der Waals surface area (Å²) in [5.41, 5.74) is 0.736.